The third-order valence-electron chi connectivity index (χ3n) is 3.42. The molecule has 0 saturated heterocycles. The van der Waals surface area contributed by atoms with Gasteiger partial charge in [-0.25, -0.2) is 0 Å². The van der Waals surface area contributed by atoms with Crippen LogP contribution in [-0.4, -0.2) is 32.9 Å². The lowest BCUT2D eigenvalue weighted by Gasteiger charge is -2.23. The van der Waals surface area contributed by atoms with Gasteiger partial charge in [0.1, 0.15) is 12.4 Å². The van der Waals surface area contributed by atoms with Gasteiger partial charge >= 0.3 is 0 Å². The Morgan fingerprint density at radius 3 is 2.38 bits per heavy atom. The van der Waals surface area contributed by atoms with Gasteiger partial charge in [0.05, 0.1) is 6.61 Å². The SMILES string of the molecule is CCOCCNCCOc1ccc(CC)cc1C(C)(C)C. The molecule has 21 heavy (non-hydrogen) atoms. The van der Waals surface area contributed by atoms with E-state index >= 15 is 0 Å². The summed E-state index contributed by atoms with van der Waals surface area (Å²) in [4.78, 5) is 0. The summed E-state index contributed by atoms with van der Waals surface area (Å²) >= 11 is 0. The summed E-state index contributed by atoms with van der Waals surface area (Å²) in [6.07, 6.45) is 1.06. The van der Waals surface area contributed by atoms with Crippen LogP contribution in [0.3, 0.4) is 0 Å². The van der Waals surface area contributed by atoms with Crippen LogP contribution < -0.4 is 10.1 Å². The second-order valence-electron chi connectivity index (χ2n) is 6.23. The molecule has 0 atom stereocenters. The van der Waals surface area contributed by atoms with E-state index < -0.39 is 0 Å². The minimum atomic E-state index is 0.100. The Balaban J connectivity index is 2.51. The summed E-state index contributed by atoms with van der Waals surface area (Å²) in [5, 5.41) is 3.32. The predicted octanol–water partition coefficient (Wildman–Crippen LogP) is 3.55. The number of hydrogen-bond acceptors (Lipinski definition) is 3. The molecule has 0 fully saturated rings. The van der Waals surface area contributed by atoms with Crippen molar-refractivity contribution in [2.24, 2.45) is 0 Å². The lowest BCUT2D eigenvalue weighted by Crippen LogP contribution is -2.25. The predicted molar refractivity (Wildman–Crippen MR) is 89.4 cm³/mol. The highest BCUT2D eigenvalue weighted by Gasteiger charge is 2.19. The van der Waals surface area contributed by atoms with Crippen LogP contribution in [0.25, 0.3) is 0 Å². The molecule has 0 aliphatic heterocycles. The molecule has 0 unspecified atom stereocenters. The zero-order valence-corrected chi connectivity index (χ0v) is 14.3. The topological polar surface area (TPSA) is 30.5 Å². The van der Waals surface area contributed by atoms with Crippen LogP contribution in [0.1, 0.15) is 45.7 Å². The van der Waals surface area contributed by atoms with Gasteiger partial charge in [0.25, 0.3) is 0 Å². The monoisotopic (exact) mass is 293 g/mol. The van der Waals surface area contributed by atoms with Gasteiger partial charge in [-0.15, -0.1) is 0 Å². The second-order valence-corrected chi connectivity index (χ2v) is 6.23. The molecular formula is C18H31NO2. The molecule has 3 nitrogen and oxygen atoms in total. The van der Waals surface area contributed by atoms with Crippen LogP contribution in [0.2, 0.25) is 0 Å². The second kappa shape index (κ2) is 9.06. The fourth-order valence-corrected chi connectivity index (χ4v) is 2.16. The van der Waals surface area contributed by atoms with E-state index in [4.69, 9.17) is 9.47 Å². The van der Waals surface area contributed by atoms with Crippen LogP contribution in [0.5, 0.6) is 5.75 Å². The molecule has 1 aromatic carbocycles. The largest absolute Gasteiger partial charge is 0.492 e. The van der Waals surface area contributed by atoms with Crippen molar-refractivity contribution in [3.05, 3.63) is 29.3 Å². The third kappa shape index (κ3) is 6.49. The normalized spacial score (nSPS) is 11.7. The summed E-state index contributed by atoms with van der Waals surface area (Å²) < 4.78 is 11.3. The maximum atomic E-state index is 5.97. The molecule has 1 aromatic rings. The van der Waals surface area contributed by atoms with Gasteiger partial charge in [-0.1, -0.05) is 39.8 Å². The Hall–Kier alpha value is -1.06. The lowest BCUT2D eigenvalue weighted by atomic mass is 9.85. The minimum absolute atomic E-state index is 0.100. The zero-order chi connectivity index (χ0) is 15.7. The Bertz CT molecular complexity index is 410. The molecule has 0 bridgehead atoms. The standard InChI is InChI=1S/C18H31NO2/c1-6-15-8-9-17(16(14-15)18(3,4)5)21-13-11-19-10-12-20-7-2/h8-9,14,19H,6-7,10-13H2,1-5H3. The molecular weight excluding hydrogens is 262 g/mol. The van der Waals surface area contributed by atoms with Gasteiger partial charge < -0.3 is 14.8 Å². The Labute approximate surface area is 130 Å². The van der Waals surface area contributed by atoms with Crippen molar-refractivity contribution in [1.29, 1.82) is 0 Å². The van der Waals surface area contributed by atoms with Crippen molar-refractivity contribution in [3.8, 4) is 5.75 Å². The molecule has 0 saturated carbocycles. The molecule has 1 N–H and O–H groups in total. The van der Waals surface area contributed by atoms with Gasteiger partial charge in [0.15, 0.2) is 0 Å². The van der Waals surface area contributed by atoms with Crippen LogP contribution >= 0.6 is 0 Å². The molecule has 3 heteroatoms. The highest BCUT2D eigenvalue weighted by molar-refractivity contribution is 5.41. The number of aryl methyl sites for hydroxylation is 1. The first-order valence-corrected chi connectivity index (χ1v) is 8.03. The Morgan fingerprint density at radius 2 is 1.76 bits per heavy atom. The molecule has 0 radical (unpaired) electrons. The number of hydrogen-bond donors (Lipinski definition) is 1. The number of benzene rings is 1. The highest BCUT2D eigenvalue weighted by Crippen LogP contribution is 2.32. The van der Waals surface area contributed by atoms with Crippen LogP contribution in [-0.2, 0) is 16.6 Å². The van der Waals surface area contributed by atoms with Gasteiger partial charge in [0, 0.05) is 19.7 Å². The van der Waals surface area contributed by atoms with Gasteiger partial charge in [-0.2, -0.15) is 0 Å². The highest BCUT2D eigenvalue weighted by atomic mass is 16.5. The molecule has 0 amide bonds. The fourth-order valence-electron chi connectivity index (χ4n) is 2.16. The number of nitrogens with one attached hydrogen (secondary N) is 1. The molecule has 120 valence electrons. The van der Waals surface area contributed by atoms with E-state index in [0.29, 0.717) is 6.61 Å². The van der Waals surface area contributed by atoms with E-state index in [1.54, 1.807) is 0 Å². The fraction of sp³-hybridized carbons (Fsp3) is 0.667. The summed E-state index contributed by atoms with van der Waals surface area (Å²) in [7, 11) is 0. The average Bonchev–Trinajstić information content (AvgIpc) is 2.45. The molecule has 0 aliphatic rings. The van der Waals surface area contributed by atoms with E-state index in [1.807, 2.05) is 6.92 Å². The van der Waals surface area contributed by atoms with Crippen LogP contribution in [0.15, 0.2) is 18.2 Å². The molecule has 0 heterocycles. The third-order valence-corrected chi connectivity index (χ3v) is 3.42. The van der Waals surface area contributed by atoms with Crippen molar-refractivity contribution in [2.45, 2.75) is 46.5 Å². The summed E-state index contributed by atoms with van der Waals surface area (Å²) in [5.41, 5.74) is 2.75. The van der Waals surface area contributed by atoms with Gasteiger partial charge in [-0.05, 0) is 36.0 Å². The van der Waals surface area contributed by atoms with Crippen LogP contribution in [0.4, 0.5) is 0 Å². The van der Waals surface area contributed by atoms with Crippen molar-refractivity contribution in [2.75, 3.05) is 32.9 Å². The first-order valence-electron chi connectivity index (χ1n) is 8.03. The van der Waals surface area contributed by atoms with E-state index in [2.05, 4.69) is 51.2 Å². The first-order chi connectivity index (χ1) is 9.99. The summed E-state index contributed by atoms with van der Waals surface area (Å²) in [6, 6.07) is 6.55. The molecule has 0 aromatic heterocycles. The smallest absolute Gasteiger partial charge is 0.123 e. The maximum Gasteiger partial charge on any atom is 0.123 e. The quantitative estimate of drug-likeness (QED) is 0.706. The number of rotatable bonds is 9. The maximum absolute atomic E-state index is 5.97. The molecule has 0 aliphatic carbocycles. The van der Waals surface area contributed by atoms with E-state index in [-0.39, 0.29) is 5.41 Å². The molecule has 0 spiro atoms. The lowest BCUT2D eigenvalue weighted by molar-refractivity contribution is 0.148. The number of ether oxygens (including phenoxy) is 2. The first kappa shape index (κ1) is 18.0. The van der Waals surface area contributed by atoms with Crippen molar-refractivity contribution >= 4 is 0 Å². The molecule has 1 rings (SSSR count). The Morgan fingerprint density at radius 1 is 1.05 bits per heavy atom. The van der Waals surface area contributed by atoms with Crippen LogP contribution in [0, 0.1) is 0 Å². The van der Waals surface area contributed by atoms with E-state index in [1.165, 1.54) is 11.1 Å². The van der Waals surface area contributed by atoms with E-state index in [0.717, 1.165) is 38.5 Å². The minimum Gasteiger partial charge on any atom is -0.492 e. The van der Waals surface area contributed by atoms with Crippen molar-refractivity contribution in [1.82, 2.24) is 5.32 Å². The summed E-state index contributed by atoms with van der Waals surface area (Å²) in [5.74, 6) is 1.01. The van der Waals surface area contributed by atoms with Crippen molar-refractivity contribution in [3.63, 3.8) is 0 Å². The van der Waals surface area contributed by atoms with Gasteiger partial charge in [0.2, 0.25) is 0 Å². The van der Waals surface area contributed by atoms with E-state index in [9.17, 15) is 0 Å². The van der Waals surface area contributed by atoms with Gasteiger partial charge in [-0.3, -0.25) is 0 Å². The zero-order valence-electron chi connectivity index (χ0n) is 14.3. The van der Waals surface area contributed by atoms with Crippen molar-refractivity contribution < 1.29 is 9.47 Å². The average molecular weight is 293 g/mol. The summed E-state index contributed by atoms with van der Waals surface area (Å²) in [6.45, 7) is 14.8. The Kier molecular flexibility index (Phi) is 7.76.